The summed E-state index contributed by atoms with van der Waals surface area (Å²) in [5, 5.41) is 8.83. The predicted molar refractivity (Wildman–Crippen MR) is 44.3 cm³/mol. The lowest BCUT2D eigenvalue weighted by Gasteiger charge is -2.18. The Hall–Kier alpha value is -0.590. The molecule has 0 aromatic carbocycles. The van der Waals surface area contributed by atoms with Crippen molar-refractivity contribution in [2.24, 2.45) is 11.8 Å². The zero-order chi connectivity index (χ0) is 8.97. The zero-order valence-corrected chi connectivity index (χ0v) is 7.62. The molecule has 0 radical (unpaired) electrons. The van der Waals surface area contributed by atoms with Gasteiger partial charge in [-0.05, 0) is 12.3 Å². The van der Waals surface area contributed by atoms with Crippen LogP contribution in [0.2, 0.25) is 0 Å². The maximum Gasteiger partial charge on any atom is 0.172 e. The SMILES string of the molecule is COC(OC)C(C#N)CC1CC1. The van der Waals surface area contributed by atoms with E-state index in [1.54, 1.807) is 14.2 Å². The number of ether oxygens (including phenoxy) is 2. The molecule has 0 spiro atoms. The Kier molecular flexibility index (Phi) is 3.51. The van der Waals surface area contributed by atoms with E-state index in [9.17, 15) is 0 Å². The smallest absolute Gasteiger partial charge is 0.172 e. The fourth-order valence-electron chi connectivity index (χ4n) is 1.36. The van der Waals surface area contributed by atoms with Gasteiger partial charge in [-0.1, -0.05) is 12.8 Å². The number of nitrogens with zero attached hydrogens (tertiary/aromatic N) is 1. The molecule has 0 heterocycles. The Bertz CT molecular complexity index is 168. The summed E-state index contributed by atoms with van der Waals surface area (Å²) >= 11 is 0. The van der Waals surface area contributed by atoms with E-state index in [-0.39, 0.29) is 12.2 Å². The summed E-state index contributed by atoms with van der Waals surface area (Å²) in [5.41, 5.74) is 0. The Morgan fingerprint density at radius 2 is 2.00 bits per heavy atom. The van der Waals surface area contributed by atoms with Crippen molar-refractivity contribution in [3.63, 3.8) is 0 Å². The zero-order valence-electron chi connectivity index (χ0n) is 7.62. The lowest BCUT2D eigenvalue weighted by Crippen LogP contribution is -2.24. The van der Waals surface area contributed by atoms with Crippen molar-refractivity contribution in [1.82, 2.24) is 0 Å². The highest BCUT2D eigenvalue weighted by Gasteiger charge is 2.30. The molecule has 1 aliphatic carbocycles. The lowest BCUT2D eigenvalue weighted by atomic mass is 10.0. The van der Waals surface area contributed by atoms with E-state index >= 15 is 0 Å². The van der Waals surface area contributed by atoms with E-state index in [1.807, 2.05) is 0 Å². The first-order valence-corrected chi connectivity index (χ1v) is 4.27. The van der Waals surface area contributed by atoms with E-state index in [4.69, 9.17) is 14.7 Å². The fourth-order valence-corrected chi connectivity index (χ4v) is 1.36. The van der Waals surface area contributed by atoms with Crippen molar-refractivity contribution >= 4 is 0 Å². The molecule has 0 aliphatic heterocycles. The van der Waals surface area contributed by atoms with Gasteiger partial charge in [0, 0.05) is 14.2 Å². The van der Waals surface area contributed by atoms with Crippen molar-refractivity contribution in [3.8, 4) is 6.07 Å². The van der Waals surface area contributed by atoms with E-state index in [0.29, 0.717) is 0 Å². The molecule has 1 rings (SSSR count). The van der Waals surface area contributed by atoms with Gasteiger partial charge in [0.25, 0.3) is 0 Å². The number of rotatable bonds is 5. The lowest BCUT2D eigenvalue weighted by molar-refractivity contribution is -0.126. The van der Waals surface area contributed by atoms with Gasteiger partial charge in [0.1, 0.15) is 0 Å². The number of methoxy groups -OCH3 is 2. The standard InChI is InChI=1S/C9H15NO2/c1-11-9(12-2)8(6-10)5-7-3-4-7/h7-9H,3-5H2,1-2H3. The summed E-state index contributed by atoms with van der Waals surface area (Å²) in [5.74, 6) is 0.634. The summed E-state index contributed by atoms with van der Waals surface area (Å²) in [6, 6.07) is 2.23. The first-order chi connectivity index (χ1) is 5.81. The van der Waals surface area contributed by atoms with Crippen LogP contribution in [0.5, 0.6) is 0 Å². The molecule has 1 unspecified atom stereocenters. The summed E-state index contributed by atoms with van der Waals surface area (Å²) in [7, 11) is 3.15. The van der Waals surface area contributed by atoms with Gasteiger partial charge in [0.15, 0.2) is 6.29 Å². The topological polar surface area (TPSA) is 42.2 Å². The quantitative estimate of drug-likeness (QED) is 0.586. The minimum atomic E-state index is -0.351. The molecule has 3 nitrogen and oxygen atoms in total. The van der Waals surface area contributed by atoms with Crippen LogP contribution < -0.4 is 0 Å². The maximum atomic E-state index is 8.83. The van der Waals surface area contributed by atoms with Gasteiger partial charge in [-0.3, -0.25) is 0 Å². The Morgan fingerprint density at radius 3 is 2.33 bits per heavy atom. The molecule has 1 atom stereocenters. The minimum absolute atomic E-state index is 0.104. The van der Waals surface area contributed by atoms with Gasteiger partial charge in [0.05, 0.1) is 12.0 Å². The monoisotopic (exact) mass is 169 g/mol. The molecular formula is C9H15NO2. The van der Waals surface area contributed by atoms with Crippen LogP contribution in [-0.4, -0.2) is 20.5 Å². The van der Waals surface area contributed by atoms with Crippen molar-refractivity contribution < 1.29 is 9.47 Å². The fraction of sp³-hybridized carbons (Fsp3) is 0.889. The molecule has 0 bridgehead atoms. The molecule has 0 amide bonds. The van der Waals surface area contributed by atoms with Crippen LogP contribution in [0.4, 0.5) is 0 Å². The average Bonchev–Trinajstić information content (AvgIpc) is 2.88. The normalized spacial score (nSPS) is 19.2. The summed E-state index contributed by atoms with van der Waals surface area (Å²) < 4.78 is 10.1. The summed E-state index contributed by atoms with van der Waals surface area (Å²) in [6.07, 6.45) is 3.09. The summed E-state index contributed by atoms with van der Waals surface area (Å²) in [4.78, 5) is 0. The molecule has 12 heavy (non-hydrogen) atoms. The Labute approximate surface area is 73.3 Å². The van der Waals surface area contributed by atoms with E-state index in [1.165, 1.54) is 12.8 Å². The van der Waals surface area contributed by atoms with E-state index < -0.39 is 0 Å². The number of nitriles is 1. The average molecular weight is 169 g/mol. The molecule has 0 saturated heterocycles. The van der Waals surface area contributed by atoms with E-state index in [0.717, 1.165) is 12.3 Å². The third kappa shape index (κ3) is 2.47. The Balaban J connectivity index is 2.35. The van der Waals surface area contributed by atoms with Crippen molar-refractivity contribution in [2.75, 3.05) is 14.2 Å². The molecular weight excluding hydrogens is 154 g/mol. The first kappa shape index (κ1) is 9.50. The van der Waals surface area contributed by atoms with Gasteiger partial charge < -0.3 is 9.47 Å². The van der Waals surface area contributed by atoms with Gasteiger partial charge >= 0.3 is 0 Å². The van der Waals surface area contributed by atoms with Crippen LogP contribution in [0.1, 0.15) is 19.3 Å². The van der Waals surface area contributed by atoms with Gasteiger partial charge in [-0.25, -0.2) is 0 Å². The van der Waals surface area contributed by atoms with Crippen LogP contribution >= 0.6 is 0 Å². The van der Waals surface area contributed by atoms with Crippen LogP contribution in [0.3, 0.4) is 0 Å². The molecule has 0 aromatic rings. The van der Waals surface area contributed by atoms with Crippen molar-refractivity contribution in [1.29, 1.82) is 5.26 Å². The number of hydrogen-bond donors (Lipinski definition) is 0. The molecule has 3 heteroatoms. The minimum Gasteiger partial charge on any atom is -0.355 e. The molecule has 1 saturated carbocycles. The molecule has 68 valence electrons. The third-order valence-corrected chi connectivity index (χ3v) is 2.24. The first-order valence-electron chi connectivity index (χ1n) is 4.27. The predicted octanol–water partition coefficient (Wildman–Crippen LogP) is 1.55. The second-order valence-corrected chi connectivity index (χ2v) is 3.25. The highest BCUT2D eigenvalue weighted by Crippen LogP contribution is 2.36. The maximum absolute atomic E-state index is 8.83. The second kappa shape index (κ2) is 4.44. The molecule has 0 N–H and O–H groups in total. The Morgan fingerprint density at radius 1 is 1.42 bits per heavy atom. The molecule has 0 aromatic heterocycles. The third-order valence-electron chi connectivity index (χ3n) is 2.24. The molecule has 1 aliphatic rings. The van der Waals surface area contributed by atoms with Crippen LogP contribution in [0, 0.1) is 23.2 Å². The summed E-state index contributed by atoms with van der Waals surface area (Å²) in [6.45, 7) is 0. The van der Waals surface area contributed by atoms with Crippen LogP contribution in [-0.2, 0) is 9.47 Å². The van der Waals surface area contributed by atoms with Gasteiger partial charge in [0.2, 0.25) is 0 Å². The van der Waals surface area contributed by atoms with Crippen molar-refractivity contribution in [2.45, 2.75) is 25.6 Å². The van der Waals surface area contributed by atoms with Crippen LogP contribution in [0.25, 0.3) is 0 Å². The van der Waals surface area contributed by atoms with Crippen LogP contribution in [0.15, 0.2) is 0 Å². The highest BCUT2D eigenvalue weighted by atomic mass is 16.7. The van der Waals surface area contributed by atoms with Crippen molar-refractivity contribution in [3.05, 3.63) is 0 Å². The largest absolute Gasteiger partial charge is 0.355 e. The van der Waals surface area contributed by atoms with Gasteiger partial charge in [-0.2, -0.15) is 5.26 Å². The van der Waals surface area contributed by atoms with E-state index in [2.05, 4.69) is 6.07 Å². The van der Waals surface area contributed by atoms with Gasteiger partial charge in [-0.15, -0.1) is 0 Å². The number of hydrogen-bond acceptors (Lipinski definition) is 3. The molecule has 1 fully saturated rings. The second-order valence-electron chi connectivity index (χ2n) is 3.25. The highest BCUT2D eigenvalue weighted by molar-refractivity contribution is 4.90.